The minimum Gasteiger partial charge on any atom is -0.324 e. The SMILES string of the molecule is CCc1c2cccc(C(C)N)c2nn1C. The molecular formula is C12H17N3. The maximum absolute atomic E-state index is 5.93. The lowest BCUT2D eigenvalue weighted by molar-refractivity contribution is 0.724. The molecule has 1 aromatic carbocycles. The Kier molecular flexibility index (Phi) is 2.49. The highest BCUT2D eigenvalue weighted by atomic mass is 15.3. The molecule has 3 nitrogen and oxygen atoms in total. The van der Waals surface area contributed by atoms with Crippen LogP contribution in [0.3, 0.4) is 0 Å². The first-order valence-corrected chi connectivity index (χ1v) is 5.35. The zero-order valence-corrected chi connectivity index (χ0v) is 9.49. The quantitative estimate of drug-likeness (QED) is 0.812. The summed E-state index contributed by atoms with van der Waals surface area (Å²) in [5.74, 6) is 0. The largest absolute Gasteiger partial charge is 0.324 e. The van der Waals surface area contributed by atoms with E-state index in [9.17, 15) is 0 Å². The van der Waals surface area contributed by atoms with Gasteiger partial charge in [-0.25, -0.2) is 0 Å². The minimum absolute atomic E-state index is 0.0355. The predicted octanol–water partition coefficient (Wildman–Crippen LogP) is 2.16. The van der Waals surface area contributed by atoms with E-state index in [4.69, 9.17) is 5.73 Å². The van der Waals surface area contributed by atoms with E-state index in [1.54, 1.807) is 0 Å². The van der Waals surface area contributed by atoms with Crippen LogP contribution >= 0.6 is 0 Å². The van der Waals surface area contributed by atoms with Crippen LogP contribution in [0.2, 0.25) is 0 Å². The lowest BCUT2D eigenvalue weighted by atomic mass is 10.0. The third-order valence-electron chi connectivity index (χ3n) is 2.84. The van der Waals surface area contributed by atoms with Crippen LogP contribution in [0.15, 0.2) is 18.2 Å². The summed E-state index contributed by atoms with van der Waals surface area (Å²) in [6.45, 7) is 4.14. The number of hydrogen-bond acceptors (Lipinski definition) is 2. The van der Waals surface area contributed by atoms with Gasteiger partial charge in [0.2, 0.25) is 0 Å². The fraction of sp³-hybridized carbons (Fsp3) is 0.417. The van der Waals surface area contributed by atoms with Crippen LogP contribution in [0.5, 0.6) is 0 Å². The Balaban J connectivity index is 2.77. The Morgan fingerprint density at radius 2 is 2.20 bits per heavy atom. The molecule has 0 saturated carbocycles. The van der Waals surface area contributed by atoms with E-state index in [1.165, 1.54) is 11.1 Å². The summed E-state index contributed by atoms with van der Waals surface area (Å²) in [5, 5.41) is 5.77. The Hall–Kier alpha value is -1.35. The zero-order valence-electron chi connectivity index (χ0n) is 9.49. The molecule has 1 unspecified atom stereocenters. The molecule has 15 heavy (non-hydrogen) atoms. The van der Waals surface area contributed by atoms with Gasteiger partial charge in [0.05, 0.1) is 5.52 Å². The number of nitrogens with zero attached hydrogens (tertiary/aromatic N) is 2. The molecule has 1 heterocycles. The maximum Gasteiger partial charge on any atom is 0.0973 e. The van der Waals surface area contributed by atoms with Gasteiger partial charge in [-0.05, 0) is 18.9 Å². The van der Waals surface area contributed by atoms with Gasteiger partial charge >= 0.3 is 0 Å². The van der Waals surface area contributed by atoms with Crippen molar-refractivity contribution in [2.24, 2.45) is 12.8 Å². The maximum atomic E-state index is 5.93. The van der Waals surface area contributed by atoms with Crippen molar-refractivity contribution in [3.63, 3.8) is 0 Å². The van der Waals surface area contributed by atoms with Crippen molar-refractivity contribution in [2.75, 3.05) is 0 Å². The van der Waals surface area contributed by atoms with Gasteiger partial charge in [-0.3, -0.25) is 4.68 Å². The Morgan fingerprint density at radius 3 is 2.80 bits per heavy atom. The van der Waals surface area contributed by atoms with Gasteiger partial charge in [0.15, 0.2) is 0 Å². The second-order valence-electron chi connectivity index (χ2n) is 3.96. The van der Waals surface area contributed by atoms with Gasteiger partial charge in [-0.15, -0.1) is 0 Å². The molecule has 2 N–H and O–H groups in total. The molecule has 2 aromatic rings. The van der Waals surface area contributed by atoms with Crippen LogP contribution in [0.25, 0.3) is 10.9 Å². The fourth-order valence-electron chi connectivity index (χ4n) is 2.08. The summed E-state index contributed by atoms with van der Waals surface area (Å²) < 4.78 is 1.95. The van der Waals surface area contributed by atoms with Crippen molar-refractivity contribution < 1.29 is 0 Å². The molecule has 1 aromatic heterocycles. The molecule has 0 saturated heterocycles. The van der Waals surface area contributed by atoms with E-state index < -0.39 is 0 Å². The molecule has 3 heteroatoms. The molecule has 0 spiro atoms. The Bertz CT molecular complexity index is 483. The standard InChI is InChI=1S/C12H17N3/c1-4-11-10-7-5-6-9(8(2)13)12(10)14-15(11)3/h5-8H,4,13H2,1-3H3. The fourth-order valence-corrected chi connectivity index (χ4v) is 2.08. The number of aryl methyl sites for hydroxylation is 2. The highest BCUT2D eigenvalue weighted by Gasteiger charge is 2.12. The molecule has 0 aliphatic heterocycles. The smallest absolute Gasteiger partial charge is 0.0973 e. The van der Waals surface area contributed by atoms with E-state index in [1.807, 2.05) is 18.7 Å². The third-order valence-corrected chi connectivity index (χ3v) is 2.84. The average molecular weight is 203 g/mol. The molecule has 0 amide bonds. The molecule has 0 fully saturated rings. The first-order chi connectivity index (χ1) is 7.15. The highest BCUT2D eigenvalue weighted by Crippen LogP contribution is 2.24. The summed E-state index contributed by atoms with van der Waals surface area (Å²) in [5.41, 5.74) is 9.38. The number of hydrogen-bond donors (Lipinski definition) is 1. The Labute approximate surface area is 89.9 Å². The van der Waals surface area contributed by atoms with Crippen LogP contribution in [0.4, 0.5) is 0 Å². The van der Waals surface area contributed by atoms with E-state index in [0.29, 0.717) is 0 Å². The predicted molar refractivity (Wildman–Crippen MR) is 62.7 cm³/mol. The summed E-state index contributed by atoms with van der Waals surface area (Å²) in [6.07, 6.45) is 0.995. The first-order valence-electron chi connectivity index (χ1n) is 5.35. The molecule has 0 aliphatic rings. The molecule has 2 rings (SSSR count). The lowest BCUT2D eigenvalue weighted by Gasteiger charge is -2.05. The normalized spacial score (nSPS) is 13.3. The molecule has 0 aliphatic carbocycles. The Morgan fingerprint density at radius 1 is 1.47 bits per heavy atom. The summed E-state index contributed by atoms with van der Waals surface area (Å²) in [6, 6.07) is 6.27. The van der Waals surface area contributed by atoms with Gasteiger partial charge in [-0.1, -0.05) is 25.1 Å². The van der Waals surface area contributed by atoms with Crippen molar-refractivity contribution in [3.05, 3.63) is 29.5 Å². The topological polar surface area (TPSA) is 43.8 Å². The van der Waals surface area contributed by atoms with Crippen LogP contribution in [0, 0.1) is 0 Å². The van der Waals surface area contributed by atoms with Gasteiger partial charge in [0.1, 0.15) is 0 Å². The monoisotopic (exact) mass is 203 g/mol. The van der Waals surface area contributed by atoms with E-state index in [0.717, 1.165) is 17.5 Å². The number of fused-ring (bicyclic) bond motifs is 1. The molecule has 0 bridgehead atoms. The molecule has 1 atom stereocenters. The second-order valence-corrected chi connectivity index (χ2v) is 3.96. The summed E-state index contributed by atoms with van der Waals surface area (Å²) in [4.78, 5) is 0. The van der Waals surface area contributed by atoms with Crippen molar-refractivity contribution in [1.29, 1.82) is 0 Å². The number of benzene rings is 1. The van der Waals surface area contributed by atoms with Crippen LogP contribution in [0.1, 0.15) is 31.1 Å². The van der Waals surface area contributed by atoms with Crippen molar-refractivity contribution in [2.45, 2.75) is 26.3 Å². The highest BCUT2D eigenvalue weighted by molar-refractivity contribution is 5.85. The molecule has 0 radical (unpaired) electrons. The summed E-state index contributed by atoms with van der Waals surface area (Å²) >= 11 is 0. The van der Waals surface area contributed by atoms with Crippen LogP contribution < -0.4 is 5.73 Å². The van der Waals surface area contributed by atoms with Gasteiger partial charge in [0.25, 0.3) is 0 Å². The van der Waals surface area contributed by atoms with Gasteiger partial charge in [-0.2, -0.15) is 5.10 Å². The third kappa shape index (κ3) is 1.53. The van der Waals surface area contributed by atoms with Gasteiger partial charge < -0.3 is 5.73 Å². The molecule has 80 valence electrons. The first kappa shape index (κ1) is 10.2. The van der Waals surface area contributed by atoms with E-state index >= 15 is 0 Å². The van der Waals surface area contributed by atoms with Gasteiger partial charge in [0, 0.05) is 24.2 Å². The van der Waals surface area contributed by atoms with E-state index in [-0.39, 0.29) is 6.04 Å². The lowest BCUT2D eigenvalue weighted by Crippen LogP contribution is -2.05. The number of nitrogens with two attached hydrogens (primary N) is 1. The minimum atomic E-state index is 0.0355. The van der Waals surface area contributed by atoms with Crippen LogP contribution in [-0.2, 0) is 13.5 Å². The van der Waals surface area contributed by atoms with Crippen molar-refractivity contribution in [3.8, 4) is 0 Å². The number of aromatic nitrogens is 2. The second kappa shape index (κ2) is 3.66. The number of rotatable bonds is 2. The summed E-state index contributed by atoms with van der Waals surface area (Å²) in [7, 11) is 1.99. The van der Waals surface area contributed by atoms with Crippen molar-refractivity contribution >= 4 is 10.9 Å². The average Bonchev–Trinajstić information content (AvgIpc) is 2.52. The molecular weight excluding hydrogens is 186 g/mol. The van der Waals surface area contributed by atoms with Crippen LogP contribution in [-0.4, -0.2) is 9.78 Å². The van der Waals surface area contributed by atoms with Crippen molar-refractivity contribution in [1.82, 2.24) is 9.78 Å². The zero-order chi connectivity index (χ0) is 11.0. The van der Waals surface area contributed by atoms with E-state index in [2.05, 4.69) is 30.2 Å².